The van der Waals surface area contributed by atoms with Gasteiger partial charge in [0.2, 0.25) is 0 Å². The molecule has 0 aliphatic carbocycles. The maximum absolute atomic E-state index is 12.3. The minimum Gasteiger partial charge on any atom is -0.349 e. The fraction of sp³-hybridized carbons (Fsp3) is 0.167. The molecule has 0 bridgehead atoms. The Morgan fingerprint density at radius 2 is 1.96 bits per heavy atom. The Bertz CT molecular complexity index is 1060. The van der Waals surface area contributed by atoms with Crippen LogP contribution >= 0.6 is 11.3 Å². The second kappa shape index (κ2) is 7.01. The molecule has 0 aliphatic heterocycles. The number of aromatic nitrogens is 5. The quantitative estimate of drug-likeness (QED) is 0.588. The van der Waals surface area contributed by atoms with Crippen LogP contribution in [0.4, 0.5) is 0 Å². The molecule has 4 aromatic rings. The Hall–Kier alpha value is -3.13. The van der Waals surface area contributed by atoms with Gasteiger partial charge in [0.1, 0.15) is 11.5 Å². The molecule has 0 aliphatic rings. The molecular formula is C18H16N6OS. The summed E-state index contributed by atoms with van der Waals surface area (Å²) >= 11 is 1.35. The first-order chi connectivity index (χ1) is 12.7. The van der Waals surface area contributed by atoms with Crippen molar-refractivity contribution in [2.24, 2.45) is 0 Å². The number of thiazole rings is 1. The number of rotatable bonds is 5. The van der Waals surface area contributed by atoms with Crippen LogP contribution in [-0.2, 0) is 6.54 Å². The largest absolute Gasteiger partial charge is 0.349 e. The van der Waals surface area contributed by atoms with Gasteiger partial charge in [-0.15, -0.1) is 11.3 Å². The second-order valence-corrected chi connectivity index (χ2v) is 6.52. The zero-order chi connectivity index (χ0) is 17.9. The van der Waals surface area contributed by atoms with E-state index in [1.165, 1.54) is 11.3 Å². The van der Waals surface area contributed by atoms with Gasteiger partial charge >= 0.3 is 0 Å². The number of fused-ring (bicyclic) bond motifs is 1. The number of para-hydroxylation sites is 2. The summed E-state index contributed by atoms with van der Waals surface area (Å²) in [4.78, 5) is 29.5. The zero-order valence-electron chi connectivity index (χ0n) is 14.1. The Morgan fingerprint density at radius 3 is 2.81 bits per heavy atom. The molecule has 0 atom stereocenters. The number of imidazole rings is 1. The molecule has 8 heteroatoms. The molecule has 7 nitrogen and oxygen atoms in total. The van der Waals surface area contributed by atoms with Crippen molar-refractivity contribution in [1.82, 2.24) is 29.8 Å². The maximum Gasteiger partial charge on any atom is 0.270 e. The summed E-state index contributed by atoms with van der Waals surface area (Å²) in [5.41, 5.74) is 2.41. The van der Waals surface area contributed by atoms with Gasteiger partial charge in [0.05, 0.1) is 11.0 Å². The molecule has 0 saturated heterocycles. The molecule has 3 aromatic heterocycles. The van der Waals surface area contributed by atoms with Crippen molar-refractivity contribution in [3.05, 3.63) is 59.6 Å². The Kier molecular flexibility index (Phi) is 4.40. The van der Waals surface area contributed by atoms with Gasteiger partial charge in [0.15, 0.2) is 10.8 Å². The van der Waals surface area contributed by atoms with E-state index < -0.39 is 0 Å². The number of carbonyl (C=O) groups is 1. The van der Waals surface area contributed by atoms with E-state index in [4.69, 9.17) is 0 Å². The summed E-state index contributed by atoms with van der Waals surface area (Å²) in [7, 11) is 0. The monoisotopic (exact) mass is 364 g/mol. The van der Waals surface area contributed by atoms with E-state index in [0.29, 0.717) is 29.6 Å². The third-order valence-electron chi connectivity index (χ3n) is 3.96. The van der Waals surface area contributed by atoms with E-state index in [9.17, 15) is 4.79 Å². The van der Waals surface area contributed by atoms with Crippen molar-refractivity contribution < 1.29 is 4.79 Å². The summed E-state index contributed by atoms with van der Waals surface area (Å²) < 4.78 is 2.10. The number of nitrogens with zero attached hydrogens (tertiary/aromatic N) is 5. The third-order valence-corrected chi connectivity index (χ3v) is 4.80. The number of nitrogens with one attached hydrogen (secondary N) is 1. The van der Waals surface area contributed by atoms with Crippen LogP contribution in [0.1, 0.15) is 16.3 Å². The van der Waals surface area contributed by atoms with Crippen LogP contribution in [0.5, 0.6) is 0 Å². The first-order valence-corrected chi connectivity index (χ1v) is 9.03. The zero-order valence-corrected chi connectivity index (χ0v) is 14.9. The third kappa shape index (κ3) is 3.18. The topological polar surface area (TPSA) is 85.6 Å². The Morgan fingerprint density at radius 1 is 1.15 bits per heavy atom. The van der Waals surface area contributed by atoms with Crippen molar-refractivity contribution >= 4 is 28.3 Å². The maximum atomic E-state index is 12.3. The molecule has 1 amide bonds. The van der Waals surface area contributed by atoms with Gasteiger partial charge in [-0.1, -0.05) is 12.1 Å². The van der Waals surface area contributed by atoms with Crippen LogP contribution in [0.2, 0.25) is 0 Å². The number of amides is 1. The summed E-state index contributed by atoms with van der Waals surface area (Å²) in [6.07, 6.45) is 3.31. The van der Waals surface area contributed by atoms with Gasteiger partial charge in [-0.25, -0.2) is 19.9 Å². The van der Waals surface area contributed by atoms with Crippen LogP contribution in [-0.4, -0.2) is 37.0 Å². The van der Waals surface area contributed by atoms with Crippen molar-refractivity contribution in [1.29, 1.82) is 0 Å². The molecule has 1 N–H and O–H groups in total. The van der Waals surface area contributed by atoms with E-state index in [1.807, 2.05) is 31.2 Å². The van der Waals surface area contributed by atoms with Crippen molar-refractivity contribution in [3.63, 3.8) is 0 Å². The molecule has 0 unspecified atom stereocenters. The van der Waals surface area contributed by atoms with Crippen LogP contribution < -0.4 is 5.32 Å². The van der Waals surface area contributed by atoms with Gasteiger partial charge in [0, 0.05) is 30.9 Å². The minimum atomic E-state index is -0.203. The molecule has 0 radical (unpaired) electrons. The smallest absolute Gasteiger partial charge is 0.270 e. The normalized spacial score (nSPS) is 11.0. The van der Waals surface area contributed by atoms with Gasteiger partial charge in [-0.2, -0.15) is 0 Å². The highest BCUT2D eigenvalue weighted by Crippen LogP contribution is 2.19. The average molecular weight is 364 g/mol. The van der Waals surface area contributed by atoms with Gasteiger partial charge in [-0.05, 0) is 25.1 Å². The SMILES string of the molecule is Cc1nc2ccccc2n1CCNC(=O)c1csc(-c2ncccn2)n1. The van der Waals surface area contributed by atoms with Crippen LogP contribution in [0, 0.1) is 6.92 Å². The fourth-order valence-electron chi connectivity index (χ4n) is 2.74. The summed E-state index contributed by atoms with van der Waals surface area (Å²) in [6.45, 7) is 3.11. The van der Waals surface area contributed by atoms with E-state index >= 15 is 0 Å². The fourth-order valence-corrected chi connectivity index (χ4v) is 3.49. The molecule has 26 heavy (non-hydrogen) atoms. The van der Waals surface area contributed by atoms with Crippen molar-refractivity contribution in [3.8, 4) is 10.8 Å². The second-order valence-electron chi connectivity index (χ2n) is 5.67. The van der Waals surface area contributed by atoms with Crippen molar-refractivity contribution in [2.75, 3.05) is 6.54 Å². The lowest BCUT2D eigenvalue weighted by Crippen LogP contribution is -2.27. The van der Waals surface area contributed by atoms with Crippen LogP contribution in [0.25, 0.3) is 21.9 Å². The predicted molar refractivity (Wildman–Crippen MR) is 99.9 cm³/mol. The van der Waals surface area contributed by atoms with Crippen LogP contribution in [0.3, 0.4) is 0 Å². The summed E-state index contributed by atoms with van der Waals surface area (Å²) in [5.74, 6) is 1.25. The van der Waals surface area contributed by atoms with Crippen molar-refractivity contribution in [2.45, 2.75) is 13.5 Å². The highest BCUT2D eigenvalue weighted by atomic mass is 32.1. The number of hydrogen-bond acceptors (Lipinski definition) is 6. The molecule has 0 saturated carbocycles. The number of aryl methyl sites for hydroxylation is 1. The number of benzene rings is 1. The lowest BCUT2D eigenvalue weighted by Gasteiger charge is -2.07. The molecule has 4 rings (SSSR count). The molecule has 1 aromatic carbocycles. The standard InChI is InChI=1S/C18H16N6OS/c1-12-22-13-5-2-3-6-15(13)24(12)10-9-21-17(25)14-11-26-18(23-14)16-19-7-4-8-20-16/h2-8,11H,9-10H2,1H3,(H,21,25). The van der Waals surface area contributed by atoms with E-state index in [2.05, 4.69) is 29.8 Å². The summed E-state index contributed by atoms with van der Waals surface area (Å²) in [6, 6.07) is 9.72. The lowest BCUT2D eigenvalue weighted by atomic mass is 10.3. The molecule has 130 valence electrons. The van der Waals surface area contributed by atoms with E-state index in [1.54, 1.807) is 23.8 Å². The minimum absolute atomic E-state index is 0.203. The molecule has 3 heterocycles. The highest BCUT2D eigenvalue weighted by Gasteiger charge is 2.13. The molecular weight excluding hydrogens is 348 g/mol. The average Bonchev–Trinajstić information content (AvgIpc) is 3.28. The van der Waals surface area contributed by atoms with E-state index in [-0.39, 0.29) is 5.91 Å². The first kappa shape index (κ1) is 16.3. The Labute approximate surface area is 153 Å². The molecule has 0 spiro atoms. The van der Waals surface area contributed by atoms with E-state index in [0.717, 1.165) is 16.9 Å². The first-order valence-electron chi connectivity index (χ1n) is 8.15. The Balaban J connectivity index is 1.41. The van der Waals surface area contributed by atoms with Crippen LogP contribution in [0.15, 0.2) is 48.1 Å². The number of carbonyl (C=O) groups excluding carboxylic acids is 1. The van der Waals surface area contributed by atoms with Gasteiger partial charge in [-0.3, -0.25) is 4.79 Å². The predicted octanol–water partition coefficient (Wildman–Crippen LogP) is 2.69. The highest BCUT2D eigenvalue weighted by molar-refractivity contribution is 7.13. The summed E-state index contributed by atoms with van der Waals surface area (Å²) in [5, 5.41) is 5.26. The van der Waals surface area contributed by atoms with Gasteiger partial charge in [0.25, 0.3) is 5.91 Å². The lowest BCUT2D eigenvalue weighted by molar-refractivity contribution is 0.0948. The molecule has 0 fully saturated rings. The van der Waals surface area contributed by atoms with Gasteiger partial charge < -0.3 is 9.88 Å². The number of hydrogen-bond donors (Lipinski definition) is 1.